The lowest BCUT2D eigenvalue weighted by atomic mass is 10.2. The maximum atomic E-state index is 12.6. The number of rotatable bonds is 4. The van der Waals surface area contributed by atoms with Gasteiger partial charge in [-0.2, -0.15) is 0 Å². The van der Waals surface area contributed by atoms with Crippen molar-refractivity contribution in [1.82, 2.24) is 9.55 Å². The number of carbonyl (C=O) groups is 1. The van der Waals surface area contributed by atoms with Crippen LogP contribution in [0.15, 0.2) is 62.9 Å². The van der Waals surface area contributed by atoms with E-state index < -0.39 is 0 Å². The number of nitrogens with one attached hydrogen (secondary N) is 1. The van der Waals surface area contributed by atoms with Crippen LogP contribution in [0.3, 0.4) is 0 Å². The standard InChI is InChI=1S/C19H14ClN3O3S/c1-23-18(25)17-16(11-6-2-5-9-14(11)26-17)22-19(23)27-10-15(24)21-13-8-4-3-7-12(13)20/h2-9H,10H2,1H3,(H,21,24). The van der Waals surface area contributed by atoms with E-state index in [2.05, 4.69) is 10.3 Å². The molecule has 2 aromatic carbocycles. The molecule has 8 heteroatoms. The van der Waals surface area contributed by atoms with Crippen molar-refractivity contribution < 1.29 is 9.21 Å². The Kier molecular flexibility index (Phi) is 4.63. The lowest BCUT2D eigenvalue weighted by Gasteiger charge is -2.08. The Labute approximate surface area is 163 Å². The van der Waals surface area contributed by atoms with Crippen molar-refractivity contribution in [3.8, 4) is 0 Å². The van der Waals surface area contributed by atoms with E-state index in [9.17, 15) is 9.59 Å². The van der Waals surface area contributed by atoms with Crippen molar-refractivity contribution in [2.45, 2.75) is 5.16 Å². The van der Waals surface area contributed by atoms with Crippen molar-refractivity contribution in [2.75, 3.05) is 11.1 Å². The zero-order valence-corrected chi connectivity index (χ0v) is 15.8. The van der Waals surface area contributed by atoms with Crippen molar-refractivity contribution in [3.05, 3.63) is 63.9 Å². The largest absolute Gasteiger partial charge is 0.448 e. The molecule has 0 radical (unpaired) electrons. The number of carbonyl (C=O) groups excluding carboxylic acids is 1. The van der Waals surface area contributed by atoms with Gasteiger partial charge in [-0.3, -0.25) is 14.2 Å². The molecule has 0 saturated carbocycles. The molecule has 4 aromatic rings. The molecule has 1 N–H and O–H groups in total. The van der Waals surface area contributed by atoms with Crippen LogP contribution >= 0.6 is 23.4 Å². The van der Waals surface area contributed by atoms with Gasteiger partial charge in [0.2, 0.25) is 11.5 Å². The second-order valence-electron chi connectivity index (χ2n) is 5.85. The quantitative estimate of drug-likeness (QED) is 0.413. The Morgan fingerprint density at radius 3 is 2.78 bits per heavy atom. The van der Waals surface area contributed by atoms with Gasteiger partial charge in [-0.15, -0.1) is 0 Å². The average molecular weight is 400 g/mol. The topological polar surface area (TPSA) is 77.1 Å². The van der Waals surface area contributed by atoms with Gasteiger partial charge in [-0.25, -0.2) is 4.98 Å². The fraction of sp³-hybridized carbons (Fsp3) is 0.105. The summed E-state index contributed by atoms with van der Waals surface area (Å²) >= 11 is 7.23. The van der Waals surface area contributed by atoms with Crippen LogP contribution in [0.25, 0.3) is 22.1 Å². The molecule has 2 heterocycles. The molecular formula is C19H14ClN3O3S. The predicted molar refractivity (Wildman–Crippen MR) is 108 cm³/mol. The number of thioether (sulfide) groups is 1. The maximum absolute atomic E-state index is 12.6. The monoisotopic (exact) mass is 399 g/mol. The molecule has 4 rings (SSSR count). The van der Waals surface area contributed by atoms with E-state index >= 15 is 0 Å². The zero-order chi connectivity index (χ0) is 19.0. The summed E-state index contributed by atoms with van der Waals surface area (Å²) in [5, 5.41) is 4.43. The Balaban J connectivity index is 1.61. The van der Waals surface area contributed by atoms with E-state index in [4.69, 9.17) is 16.0 Å². The van der Waals surface area contributed by atoms with Crippen LogP contribution < -0.4 is 10.9 Å². The van der Waals surface area contributed by atoms with Crippen LogP contribution in [0.1, 0.15) is 0 Å². The first-order chi connectivity index (χ1) is 13.0. The van der Waals surface area contributed by atoms with Crippen molar-refractivity contribution in [1.29, 1.82) is 0 Å². The van der Waals surface area contributed by atoms with Gasteiger partial charge in [0.15, 0.2) is 5.16 Å². The lowest BCUT2D eigenvalue weighted by Crippen LogP contribution is -2.21. The number of amides is 1. The van der Waals surface area contributed by atoms with E-state index in [1.807, 2.05) is 18.2 Å². The Hall–Kier alpha value is -2.77. The van der Waals surface area contributed by atoms with Gasteiger partial charge < -0.3 is 9.73 Å². The van der Waals surface area contributed by atoms with Crippen LogP contribution in [0, 0.1) is 0 Å². The minimum atomic E-state index is -0.287. The molecule has 0 aliphatic heterocycles. The SMILES string of the molecule is Cn1c(SCC(=O)Nc2ccccc2Cl)nc2c(oc3ccccc32)c1=O. The second-order valence-corrected chi connectivity index (χ2v) is 7.20. The molecule has 0 saturated heterocycles. The summed E-state index contributed by atoms with van der Waals surface area (Å²) in [6.07, 6.45) is 0. The van der Waals surface area contributed by atoms with Gasteiger partial charge >= 0.3 is 0 Å². The summed E-state index contributed by atoms with van der Waals surface area (Å²) in [5.74, 6) is -0.147. The zero-order valence-electron chi connectivity index (χ0n) is 14.2. The summed E-state index contributed by atoms with van der Waals surface area (Å²) in [4.78, 5) is 29.4. The van der Waals surface area contributed by atoms with Crippen molar-refractivity contribution in [3.63, 3.8) is 0 Å². The predicted octanol–water partition coefficient (Wildman–Crippen LogP) is 4.06. The number of para-hydroxylation sites is 2. The minimum absolute atomic E-state index is 0.0901. The Morgan fingerprint density at radius 2 is 1.96 bits per heavy atom. The Morgan fingerprint density at radius 1 is 1.22 bits per heavy atom. The highest BCUT2D eigenvalue weighted by atomic mass is 35.5. The van der Waals surface area contributed by atoms with Gasteiger partial charge in [0, 0.05) is 12.4 Å². The molecule has 0 fully saturated rings. The number of aromatic nitrogens is 2. The number of benzene rings is 2. The molecule has 0 aliphatic rings. The fourth-order valence-electron chi connectivity index (χ4n) is 2.71. The maximum Gasteiger partial charge on any atom is 0.297 e. The number of hydrogen-bond donors (Lipinski definition) is 1. The number of anilines is 1. The third-order valence-corrected chi connectivity index (χ3v) is 5.40. The van der Waals surface area contributed by atoms with Crippen LogP contribution in [0.4, 0.5) is 5.69 Å². The van der Waals surface area contributed by atoms with Gasteiger partial charge in [0.25, 0.3) is 5.56 Å². The average Bonchev–Trinajstić information content (AvgIpc) is 3.04. The molecule has 136 valence electrons. The first-order valence-electron chi connectivity index (χ1n) is 8.10. The molecule has 0 unspecified atom stereocenters. The van der Waals surface area contributed by atoms with Crippen molar-refractivity contribution >= 4 is 57.0 Å². The second kappa shape index (κ2) is 7.09. The smallest absolute Gasteiger partial charge is 0.297 e. The molecule has 0 bridgehead atoms. The number of halogens is 1. The summed E-state index contributed by atoms with van der Waals surface area (Å²) in [6, 6.07) is 14.3. The van der Waals surface area contributed by atoms with Gasteiger partial charge in [-0.1, -0.05) is 47.6 Å². The highest BCUT2D eigenvalue weighted by molar-refractivity contribution is 7.99. The molecule has 0 atom stereocenters. The molecular weight excluding hydrogens is 386 g/mol. The normalized spacial score (nSPS) is 11.2. The highest BCUT2D eigenvalue weighted by Gasteiger charge is 2.16. The highest BCUT2D eigenvalue weighted by Crippen LogP contribution is 2.27. The van der Waals surface area contributed by atoms with Crippen molar-refractivity contribution in [2.24, 2.45) is 7.05 Å². The molecule has 0 aliphatic carbocycles. The number of hydrogen-bond acceptors (Lipinski definition) is 5. The Bertz CT molecular complexity index is 1230. The molecule has 27 heavy (non-hydrogen) atoms. The first kappa shape index (κ1) is 17.6. The van der Waals surface area contributed by atoms with E-state index in [0.717, 1.165) is 5.39 Å². The third-order valence-electron chi connectivity index (χ3n) is 4.04. The third kappa shape index (κ3) is 3.31. The van der Waals surface area contributed by atoms with E-state index in [-0.39, 0.29) is 22.8 Å². The van der Waals surface area contributed by atoms with Gasteiger partial charge in [0.1, 0.15) is 11.1 Å². The van der Waals surface area contributed by atoms with E-state index in [1.165, 1.54) is 16.3 Å². The molecule has 2 aromatic heterocycles. The van der Waals surface area contributed by atoms with Crippen LogP contribution in [0.2, 0.25) is 5.02 Å². The fourth-order valence-corrected chi connectivity index (χ4v) is 3.65. The summed E-state index contributed by atoms with van der Waals surface area (Å²) in [6.45, 7) is 0. The van der Waals surface area contributed by atoms with Crippen LogP contribution in [0.5, 0.6) is 0 Å². The molecule has 6 nitrogen and oxygen atoms in total. The lowest BCUT2D eigenvalue weighted by molar-refractivity contribution is -0.113. The van der Waals surface area contributed by atoms with E-state index in [0.29, 0.717) is 27.0 Å². The van der Waals surface area contributed by atoms with Gasteiger partial charge in [-0.05, 0) is 24.3 Å². The van der Waals surface area contributed by atoms with Crippen LogP contribution in [-0.2, 0) is 11.8 Å². The van der Waals surface area contributed by atoms with E-state index in [1.54, 1.807) is 37.4 Å². The number of fused-ring (bicyclic) bond motifs is 3. The molecule has 0 spiro atoms. The summed E-state index contributed by atoms with van der Waals surface area (Å²) in [7, 11) is 1.61. The summed E-state index contributed by atoms with van der Waals surface area (Å²) in [5.41, 5.74) is 1.58. The van der Waals surface area contributed by atoms with Gasteiger partial charge in [0.05, 0.1) is 16.5 Å². The first-order valence-corrected chi connectivity index (χ1v) is 9.46. The number of nitrogens with zero attached hydrogens (tertiary/aromatic N) is 2. The summed E-state index contributed by atoms with van der Waals surface area (Å²) < 4.78 is 7.02. The van der Waals surface area contributed by atoms with Crippen LogP contribution in [-0.4, -0.2) is 21.2 Å². The minimum Gasteiger partial charge on any atom is -0.448 e. The molecule has 1 amide bonds. The number of furan rings is 1.